The smallest absolute Gasteiger partial charge is 0.123 e. The van der Waals surface area contributed by atoms with Crippen LogP contribution >= 0.6 is 22.9 Å². The number of nitrogens with zero attached hydrogens (tertiary/aromatic N) is 1. The Morgan fingerprint density at radius 1 is 1.27 bits per heavy atom. The minimum Gasteiger partial charge on any atom is -0.241 e. The second-order valence-corrected chi connectivity index (χ2v) is 4.79. The van der Waals surface area contributed by atoms with Gasteiger partial charge in [0.1, 0.15) is 5.01 Å². The van der Waals surface area contributed by atoms with Crippen LogP contribution < -0.4 is 0 Å². The topological polar surface area (TPSA) is 12.9 Å². The molecule has 1 nitrogen and oxygen atoms in total. The summed E-state index contributed by atoms with van der Waals surface area (Å²) in [6, 6.07) is 10.3. The molecule has 0 fully saturated rings. The maximum absolute atomic E-state index is 5.74. The third kappa shape index (κ3) is 2.39. The third-order valence-electron chi connectivity index (χ3n) is 2.23. The van der Waals surface area contributed by atoms with Crippen molar-refractivity contribution in [3.05, 3.63) is 40.9 Å². The highest BCUT2D eigenvalue weighted by Crippen LogP contribution is 2.27. The van der Waals surface area contributed by atoms with Gasteiger partial charge < -0.3 is 0 Å². The molecular weight excluding hydrogens is 226 g/mol. The maximum atomic E-state index is 5.74. The molecule has 78 valence electrons. The molecule has 0 aliphatic rings. The van der Waals surface area contributed by atoms with Crippen molar-refractivity contribution >= 4 is 22.9 Å². The highest BCUT2D eigenvalue weighted by Gasteiger charge is 2.07. The van der Waals surface area contributed by atoms with Gasteiger partial charge in [-0.25, -0.2) is 4.98 Å². The van der Waals surface area contributed by atoms with Crippen LogP contribution in [0, 0.1) is 6.92 Å². The van der Waals surface area contributed by atoms with E-state index in [1.54, 1.807) is 11.3 Å². The molecule has 0 atom stereocenters. The number of thiazole rings is 1. The molecule has 0 aliphatic heterocycles. The van der Waals surface area contributed by atoms with E-state index >= 15 is 0 Å². The Kier molecular flexibility index (Phi) is 3.39. The second kappa shape index (κ2) is 4.77. The van der Waals surface area contributed by atoms with E-state index in [4.69, 9.17) is 11.6 Å². The van der Waals surface area contributed by atoms with Crippen LogP contribution in [0.25, 0.3) is 10.6 Å². The van der Waals surface area contributed by atoms with Gasteiger partial charge >= 0.3 is 0 Å². The van der Waals surface area contributed by atoms with Crippen molar-refractivity contribution in [3.8, 4) is 10.6 Å². The average molecular weight is 238 g/mol. The van der Waals surface area contributed by atoms with E-state index < -0.39 is 0 Å². The van der Waals surface area contributed by atoms with Gasteiger partial charge in [-0.1, -0.05) is 30.3 Å². The van der Waals surface area contributed by atoms with E-state index in [-0.39, 0.29) is 0 Å². The second-order valence-electron chi connectivity index (χ2n) is 3.33. The monoisotopic (exact) mass is 237 g/mol. The van der Waals surface area contributed by atoms with Crippen LogP contribution in [0.1, 0.15) is 10.6 Å². The molecule has 0 radical (unpaired) electrons. The zero-order valence-electron chi connectivity index (χ0n) is 8.53. The summed E-state index contributed by atoms with van der Waals surface area (Å²) in [5, 5.41) is 1.09. The van der Waals surface area contributed by atoms with Crippen LogP contribution in [0.3, 0.4) is 0 Å². The first-order valence-corrected chi connectivity index (χ1v) is 6.24. The van der Waals surface area contributed by atoms with Gasteiger partial charge in [0.05, 0.1) is 5.69 Å². The lowest BCUT2D eigenvalue weighted by molar-refractivity contribution is 1.12. The minimum absolute atomic E-state index is 0.664. The van der Waals surface area contributed by atoms with Crippen LogP contribution in [0.15, 0.2) is 30.3 Å². The Morgan fingerprint density at radius 3 is 2.67 bits per heavy atom. The van der Waals surface area contributed by atoms with E-state index in [9.17, 15) is 0 Å². The molecule has 0 unspecified atom stereocenters. The Bertz CT molecular complexity index is 436. The molecule has 3 heteroatoms. The SMILES string of the molecule is Cc1nc(-c2ccccc2)sc1CCCl. The van der Waals surface area contributed by atoms with Gasteiger partial charge in [-0.3, -0.25) is 0 Å². The van der Waals surface area contributed by atoms with Gasteiger partial charge in [-0.15, -0.1) is 22.9 Å². The summed E-state index contributed by atoms with van der Waals surface area (Å²) in [7, 11) is 0. The van der Waals surface area contributed by atoms with E-state index in [1.165, 1.54) is 10.4 Å². The Balaban J connectivity index is 2.34. The number of benzene rings is 1. The Morgan fingerprint density at radius 2 is 2.00 bits per heavy atom. The highest BCUT2D eigenvalue weighted by atomic mass is 35.5. The van der Waals surface area contributed by atoms with Crippen molar-refractivity contribution in [2.24, 2.45) is 0 Å². The fourth-order valence-electron chi connectivity index (χ4n) is 1.45. The zero-order valence-corrected chi connectivity index (χ0v) is 10.1. The van der Waals surface area contributed by atoms with E-state index in [0.717, 1.165) is 17.1 Å². The predicted octanol–water partition coefficient (Wildman–Crippen LogP) is 3.90. The van der Waals surface area contributed by atoms with Gasteiger partial charge in [-0.05, 0) is 13.3 Å². The minimum atomic E-state index is 0.664. The maximum Gasteiger partial charge on any atom is 0.123 e. The van der Waals surface area contributed by atoms with Crippen LogP contribution in [-0.2, 0) is 6.42 Å². The predicted molar refractivity (Wildman–Crippen MR) is 66.7 cm³/mol. The summed E-state index contributed by atoms with van der Waals surface area (Å²) in [6.45, 7) is 2.05. The van der Waals surface area contributed by atoms with Crippen molar-refractivity contribution in [2.45, 2.75) is 13.3 Å². The number of aryl methyl sites for hydroxylation is 2. The quantitative estimate of drug-likeness (QED) is 0.738. The van der Waals surface area contributed by atoms with Gasteiger partial charge in [0.25, 0.3) is 0 Å². The van der Waals surface area contributed by atoms with Crippen LogP contribution in [-0.4, -0.2) is 10.9 Å². The fraction of sp³-hybridized carbons (Fsp3) is 0.250. The summed E-state index contributed by atoms with van der Waals surface area (Å²) in [6.07, 6.45) is 0.915. The molecule has 2 aromatic rings. The molecular formula is C12H12ClNS. The lowest BCUT2D eigenvalue weighted by Gasteiger charge is -1.92. The van der Waals surface area contributed by atoms with E-state index in [0.29, 0.717) is 5.88 Å². The molecule has 0 bridgehead atoms. The summed E-state index contributed by atoms with van der Waals surface area (Å²) < 4.78 is 0. The van der Waals surface area contributed by atoms with E-state index in [2.05, 4.69) is 17.1 Å². The lowest BCUT2D eigenvalue weighted by atomic mass is 10.2. The van der Waals surface area contributed by atoms with Crippen molar-refractivity contribution in [3.63, 3.8) is 0 Å². The first-order valence-electron chi connectivity index (χ1n) is 4.89. The fourth-order valence-corrected chi connectivity index (χ4v) is 2.82. The number of alkyl halides is 1. The van der Waals surface area contributed by atoms with Crippen LogP contribution in [0.5, 0.6) is 0 Å². The molecule has 0 saturated carbocycles. The molecule has 0 saturated heterocycles. The van der Waals surface area contributed by atoms with Gasteiger partial charge in [0, 0.05) is 16.3 Å². The molecule has 1 heterocycles. The largest absolute Gasteiger partial charge is 0.241 e. The molecule has 0 aliphatic carbocycles. The molecule has 2 rings (SSSR count). The average Bonchev–Trinajstić information content (AvgIpc) is 2.63. The van der Waals surface area contributed by atoms with Crippen molar-refractivity contribution in [2.75, 3.05) is 5.88 Å². The highest BCUT2D eigenvalue weighted by molar-refractivity contribution is 7.15. The standard InChI is InChI=1S/C12H12ClNS/c1-9-11(7-8-13)15-12(14-9)10-5-3-2-4-6-10/h2-6H,7-8H2,1H3. The Hall–Kier alpha value is -0.860. The van der Waals surface area contributed by atoms with E-state index in [1.807, 2.05) is 25.1 Å². The van der Waals surface area contributed by atoms with Crippen molar-refractivity contribution < 1.29 is 0 Å². The molecule has 1 aromatic carbocycles. The zero-order chi connectivity index (χ0) is 10.7. The molecule has 15 heavy (non-hydrogen) atoms. The Labute approximate surface area is 98.7 Å². The first kappa shape index (κ1) is 10.7. The first-order chi connectivity index (χ1) is 7.31. The van der Waals surface area contributed by atoms with Crippen molar-refractivity contribution in [1.82, 2.24) is 4.98 Å². The number of halogens is 1. The summed E-state index contributed by atoms with van der Waals surface area (Å²) in [5.74, 6) is 0.664. The lowest BCUT2D eigenvalue weighted by Crippen LogP contribution is -1.84. The molecule has 0 amide bonds. The van der Waals surface area contributed by atoms with Crippen LogP contribution in [0.2, 0.25) is 0 Å². The summed E-state index contributed by atoms with van der Waals surface area (Å²) >= 11 is 7.48. The summed E-state index contributed by atoms with van der Waals surface area (Å²) in [4.78, 5) is 5.85. The molecule has 1 aromatic heterocycles. The number of hydrogen-bond acceptors (Lipinski definition) is 2. The number of aromatic nitrogens is 1. The van der Waals surface area contributed by atoms with Gasteiger partial charge in [-0.2, -0.15) is 0 Å². The van der Waals surface area contributed by atoms with Gasteiger partial charge in [0.15, 0.2) is 0 Å². The van der Waals surface area contributed by atoms with Crippen molar-refractivity contribution in [1.29, 1.82) is 0 Å². The van der Waals surface area contributed by atoms with Gasteiger partial charge in [0.2, 0.25) is 0 Å². The third-order valence-corrected chi connectivity index (χ3v) is 3.69. The number of rotatable bonds is 3. The molecule has 0 spiro atoms. The molecule has 0 N–H and O–H groups in total. The summed E-state index contributed by atoms with van der Waals surface area (Å²) in [5.41, 5.74) is 2.30. The van der Waals surface area contributed by atoms with Crippen LogP contribution in [0.4, 0.5) is 0 Å². The normalized spacial score (nSPS) is 10.5. The number of hydrogen-bond donors (Lipinski definition) is 0.